The summed E-state index contributed by atoms with van der Waals surface area (Å²) in [6.07, 6.45) is -0.184. The molecule has 12 heteroatoms. The van der Waals surface area contributed by atoms with E-state index in [4.69, 9.17) is 4.74 Å². The predicted octanol–water partition coefficient (Wildman–Crippen LogP) is 3.20. The highest BCUT2D eigenvalue weighted by Gasteiger charge is 2.37. The molecule has 2 amide bonds. The van der Waals surface area contributed by atoms with Gasteiger partial charge in [0.15, 0.2) is 0 Å². The Kier molecular flexibility index (Phi) is 6.77. The average molecular weight is 495 g/mol. The molecule has 2 aliphatic rings. The molecule has 0 saturated carbocycles. The Labute approximate surface area is 204 Å². The standard InChI is InChI=1S/C24H22FN5O6/c1-3-36-24(33)21-13(2)26-17-6-4-5-7-18(17)27-22(21)28-23(32)14-10-20(31)29(12-14)15-8-9-16(25)19(11-15)30(34)35/h4-9,11,14,26H,3,10,12H2,1-2H3,(H,27,28,32). The van der Waals surface area contributed by atoms with Gasteiger partial charge in [0, 0.05) is 24.7 Å². The Balaban J connectivity index is 1.60. The van der Waals surface area contributed by atoms with Gasteiger partial charge in [-0.2, -0.15) is 4.39 Å². The first-order valence-electron chi connectivity index (χ1n) is 11.1. The quantitative estimate of drug-likeness (QED) is 0.368. The van der Waals surface area contributed by atoms with Crippen LogP contribution in [0.25, 0.3) is 0 Å². The SMILES string of the molecule is CCOC(=O)C1=C(C)Nc2ccccc2N=C1NC(=O)C1CC(=O)N(c2ccc(F)c([N+](=O)[O-])c2)C1. The van der Waals surface area contributed by atoms with Crippen molar-refractivity contribution in [1.29, 1.82) is 0 Å². The van der Waals surface area contributed by atoms with Gasteiger partial charge >= 0.3 is 11.7 Å². The predicted molar refractivity (Wildman–Crippen MR) is 128 cm³/mol. The number of amidine groups is 1. The average Bonchev–Trinajstić information content (AvgIpc) is 3.15. The van der Waals surface area contributed by atoms with Crippen molar-refractivity contribution >= 4 is 46.4 Å². The zero-order valence-corrected chi connectivity index (χ0v) is 19.4. The summed E-state index contributed by atoms with van der Waals surface area (Å²) >= 11 is 0. The monoisotopic (exact) mass is 495 g/mol. The van der Waals surface area contributed by atoms with Crippen LogP contribution in [0.15, 0.2) is 58.7 Å². The molecule has 0 radical (unpaired) electrons. The van der Waals surface area contributed by atoms with E-state index in [0.717, 1.165) is 12.1 Å². The fourth-order valence-electron chi connectivity index (χ4n) is 4.00. The van der Waals surface area contributed by atoms with Gasteiger partial charge in [-0.05, 0) is 38.1 Å². The third-order valence-electron chi connectivity index (χ3n) is 5.73. The van der Waals surface area contributed by atoms with Crippen LogP contribution in [0.1, 0.15) is 20.3 Å². The lowest BCUT2D eigenvalue weighted by molar-refractivity contribution is -0.387. The van der Waals surface area contributed by atoms with E-state index >= 15 is 0 Å². The zero-order chi connectivity index (χ0) is 26.0. The molecule has 0 bridgehead atoms. The van der Waals surface area contributed by atoms with E-state index in [1.165, 1.54) is 11.0 Å². The molecule has 0 aliphatic carbocycles. The second-order valence-corrected chi connectivity index (χ2v) is 8.11. The lowest BCUT2D eigenvalue weighted by Crippen LogP contribution is -2.40. The van der Waals surface area contributed by atoms with Crippen LogP contribution < -0.4 is 15.5 Å². The maximum Gasteiger partial charge on any atom is 0.343 e. The molecule has 1 saturated heterocycles. The Morgan fingerprint density at radius 3 is 2.78 bits per heavy atom. The van der Waals surface area contributed by atoms with Crippen molar-refractivity contribution < 1.29 is 28.4 Å². The highest BCUT2D eigenvalue weighted by atomic mass is 19.1. The van der Waals surface area contributed by atoms with Gasteiger partial charge in [-0.1, -0.05) is 12.1 Å². The first-order chi connectivity index (χ1) is 17.2. The molecule has 1 unspecified atom stereocenters. The molecule has 1 fully saturated rings. The number of carbonyl (C=O) groups excluding carboxylic acids is 3. The number of esters is 1. The number of nitro benzene ring substituents is 1. The van der Waals surface area contributed by atoms with Crippen molar-refractivity contribution in [2.45, 2.75) is 20.3 Å². The minimum absolute atomic E-state index is 0.0308. The van der Waals surface area contributed by atoms with Crippen molar-refractivity contribution in [3.63, 3.8) is 0 Å². The van der Waals surface area contributed by atoms with Crippen molar-refractivity contribution in [1.82, 2.24) is 5.32 Å². The van der Waals surface area contributed by atoms with Gasteiger partial charge in [0.05, 0.1) is 34.5 Å². The van der Waals surface area contributed by atoms with E-state index in [0.29, 0.717) is 17.1 Å². The van der Waals surface area contributed by atoms with Gasteiger partial charge in [0.25, 0.3) is 0 Å². The van der Waals surface area contributed by atoms with E-state index < -0.39 is 40.1 Å². The zero-order valence-electron chi connectivity index (χ0n) is 19.4. The number of fused-ring (bicyclic) bond motifs is 1. The number of nitrogens with one attached hydrogen (secondary N) is 2. The number of halogens is 1. The molecular weight excluding hydrogens is 473 g/mol. The lowest BCUT2D eigenvalue weighted by atomic mass is 10.1. The van der Waals surface area contributed by atoms with Crippen LogP contribution >= 0.6 is 0 Å². The molecule has 0 aromatic heterocycles. The third-order valence-corrected chi connectivity index (χ3v) is 5.73. The first-order valence-corrected chi connectivity index (χ1v) is 11.1. The summed E-state index contributed by atoms with van der Waals surface area (Å²) in [6.45, 7) is 3.32. The molecular formula is C24H22FN5O6. The molecule has 2 heterocycles. The van der Waals surface area contributed by atoms with Crippen molar-refractivity contribution in [2.24, 2.45) is 10.9 Å². The van der Waals surface area contributed by atoms with Gasteiger partial charge in [-0.3, -0.25) is 19.7 Å². The highest BCUT2D eigenvalue weighted by molar-refractivity contribution is 6.24. The van der Waals surface area contributed by atoms with Crippen LogP contribution in [-0.4, -0.2) is 41.7 Å². The number of hydrogen-bond donors (Lipinski definition) is 2. The number of nitrogens with zero attached hydrogens (tertiary/aromatic N) is 3. The maximum absolute atomic E-state index is 13.7. The summed E-state index contributed by atoms with van der Waals surface area (Å²) in [5.41, 5.74) is 0.899. The maximum atomic E-state index is 13.7. The summed E-state index contributed by atoms with van der Waals surface area (Å²) in [6, 6.07) is 10.1. The number of rotatable bonds is 5. The molecule has 2 aromatic carbocycles. The second-order valence-electron chi connectivity index (χ2n) is 8.11. The molecule has 11 nitrogen and oxygen atoms in total. The molecule has 2 aliphatic heterocycles. The second kappa shape index (κ2) is 9.94. The van der Waals surface area contributed by atoms with E-state index in [-0.39, 0.29) is 36.7 Å². The minimum Gasteiger partial charge on any atom is -0.462 e. The molecule has 36 heavy (non-hydrogen) atoms. The number of allylic oxidation sites excluding steroid dienone is 1. The molecule has 1 atom stereocenters. The van der Waals surface area contributed by atoms with Crippen molar-refractivity contribution in [3.05, 3.63) is 69.7 Å². The number of amides is 2. The summed E-state index contributed by atoms with van der Waals surface area (Å²) in [5.74, 6) is -3.62. The summed E-state index contributed by atoms with van der Waals surface area (Å²) in [4.78, 5) is 54.4. The fraction of sp³-hybridized carbons (Fsp3) is 0.250. The normalized spacial score (nSPS) is 17.1. The van der Waals surface area contributed by atoms with E-state index in [9.17, 15) is 28.9 Å². The van der Waals surface area contributed by atoms with Crippen molar-refractivity contribution in [3.8, 4) is 0 Å². The van der Waals surface area contributed by atoms with Crippen LogP contribution in [0, 0.1) is 21.8 Å². The van der Waals surface area contributed by atoms with Crippen LogP contribution in [0.2, 0.25) is 0 Å². The number of carbonyl (C=O) groups is 3. The van der Waals surface area contributed by atoms with Gasteiger partial charge in [-0.15, -0.1) is 0 Å². The third kappa shape index (κ3) is 4.78. The summed E-state index contributed by atoms with van der Waals surface area (Å²) < 4.78 is 18.9. The van der Waals surface area contributed by atoms with E-state index in [1.807, 2.05) is 0 Å². The first kappa shape index (κ1) is 24.5. The molecule has 0 spiro atoms. The minimum atomic E-state index is -1.03. The lowest BCUT2D eigenvalue weighted by Gasteiger charge is -2.17. The Bertz CT molecular complexity index is 1340. The van der Waals surface area contributed by atoms with E-state index in [2.05, 4.69) is 15.6 Å². The highest BCUT2D eigenvalue weighted by Crippen LogP contribution is 2.32. The Morgan fingerprint density at radius 2 is 2.06 bits per heavy atom. The van der Waals surface area contributed by atoms with Crippen LogP contribution in [-0.2, 0) is 19.1 Å². The largest absolute Gasteiger partial charge is 0.462 e. The fourth-order valence-corrected chi connectivity index (χ4v) is 4.00. The number of hydrogen-bond acceptors (Lipinski definition) is 8. The number of benzene rings is 2. The topological polar surface area (TPSA) is 143 Å². The number of para-hydroxylation sites is 2. The van der Waals surface area contributed by atoms with E-state index in [1.54, 1.807) is 38.1 Å². The summed E-state index contributed by atoms with van der Waals surface area (Å²) in [7, 11) is 0. The van der Waals surface area contributed by atoms with Crippen LogP contribution in [0.3, 0.4) is 0 Å². The number of nitro groups is 1. The summed E-state index contributed by atoms with van der Waals surface area (Å²) in [5, 5.41) is 16.8. The molecule has 2 aromatic rings. The smallest absolute Gasteiger partial charge is 0.343 e. The van der Waals surface area contributed by atoms with Gasteiger partial charge in [-0.25, -0.2) is 9.79 Å². The van der Waals surface area contributed by atoms with Crippen LogP contribution in [0.5, 0.6) is 0 Å². The Morgan fingerprint density at radius 1 is 1.31 bits per heavy atom. The van der Waals surface area contributed by atoms with Gasteiger partial charge < -0.3 is 20.3 Å². The molecule has 2 N–H and O–H groups in total. The number of ether oxygens (including phenoxy) is 1. The number of aliphatic imine (C=N–C) groups is 1. The van der Waals surface area contributed by atoms with Crippen molar-refractivity contribution in [2.75, 3.05) is 23.4 Å². The van der Waals surface area contributed by atoms with Crippen LogP contribution in [0.4, 0.5) is 27.1 Å². The Hall–Kier alpha value is -4.61. The molecule has 186 valence electrons. The number of anilines is 2. The molecule has 4 rings (SSSR count). The van der Waals surface area contributed by atoms with Gasteiger partial charge in [0.1, 0.15) is 11.4 Å². The van der Waals surface area contributed by atoms with Gasteiger partial charge in [0.2, 0.25) is 17.6 Å².